The highest BCUT2D eigenvalue weighted by Crippen LogP contribution is 2.32. The van der Waals surface area contributed by atoms with Crippen LogP contribution in [0.3, 0.4) is 0 Å². The van der Waals surface area contributed by atoms with E-state index in [0.29, 0.717) is 28.7 Å². The zero-order valence-corrected chi connectivity index (χ0v) is 11.9. The summed E-state index contributed by atoms with van der Waals surface area (Å²) >= 11 is 6.03. The molecule has 0 aliphatic carbocycles. The molecule has 0 radical (unpaired) electrons. The number of carbonyl (C=O) groups excluding carboxylic acids is 1. The third-order valence-corrected chi connectivity index (χ3v) is 3.51. The Morgan fingerprint density at radius 3 is 2.81 bits per heavy atom. The van der Waals surface area contributed by atoms with Crippen LogP contribution >= 0.6 is 11.6 Å². The van der Waals surface area contributed by atoms with Crippen molar-refractivity contribution in [2.24, 2.45) is 0 Å². The Balaban J connectivity index is 1.58. The van der Waals surface area contributed by atoms with Gasteiger partial charge in [-0.15, -0.1) is 0 Å². The van der Waals surface area contributed by atoms with Gasteiger partial charge in [0.25, 0.3) is 0 Å². The number of benzene rings is 2. The van der Waals surface area contributed by atoms with E-state index in [1.807, 2.05) is 18.2 Å². The van der Waals surface area contributed by atoms with E-state index >= 15 is 0 Å². The van der Waals surface area contributed by atoms with Crippen LogP contribution in [0.1, 0.15) is 15.9 Å². The number of carbonyl (C=O) groups is 1. The Kier molecular flexibility index (Phi) is 4.08. The van der Waals surface area contributed by atoms with Crippen molar-refractivity contribution in [2.75, 3.05) is 13.4 Å². The molecule has 5 heteroatoms. The van der Waals surface area contributed by atoms with Gasteiger partial charge in [-0.1, -0.05) is 29.8 Å². The maximum atomic E-state index is 12.1. The lowest BCUT2D eigenvalue weighted by atomic mass is 10.1. The van der Waals surface area contributed by atoms with Crippen molar-refractivity contribution in [2.45, 2.75) is 6.61 Å². The van der Waals surface area contributed by atoms with E-state index in [-0.39, 0.29) is 19.2 Å². The van der Waals surface area contributed by atoms with E-state index in [1.54, 1.807) is 24.3 Å². The van der Waals surface area contributed by atoms with Gasteiger partial charge in [0.2, 0.25) is 6.79 Å². The highest BCUT2D eigenvalue weighted by molar-refractivity contribution is 6.31. The molecule has 2 aromatic rings. The molecule has 0 saturated heterocycles. The lowest BCUT2D eigenvalue weighted by Gasteiger charge is -2.06. The molecule has 1 aliphatic heterocycles. The molecule has 21 heavy (non-hydrogen) atoms. The number of hydrogen-bond donors (Lipinski definition) is 0. The molecule has 0 aromatic heterocycles. The standard InChI is InChI=1S/C16H13ClO4/c17-13-4-2-1-3-12(13)8-19-9-14(18)11-5-6-15-16(7-11)21-10-20-15/h1-7H,8-10H2. The highest BCUT2D eigenvalue weighted by Gasteiger charge is 2.16. The van der Waals surface area contributed by atoms with Gasteiger partial charge in [0, 0.05) is 10.6 Å². The fraction of sp³-hybridized carbons (Fsp3) is 0.188. The van der Waals surface area contributed by atoms with Crippen LogP contribution in [0.2, 0.25) is 5.02 Å². The number of halogens is 1. The molecule has 0 bridgehead atoms. The highest BCUT2D eigenvalue weighted by atomic mass is 35.5. The largest absolute Gasteiger partial charge is 0.454 e. The number of ether oxygens (including phenoxy) is 3. The zero-order chi connectivity index (χ0) is 14.7. The van der Waals surface area contributed by atoms with Gasteiger partial charge in [-0.05, 0) is 29.8 Å². The van der Waals surface area contributed by atoms with Crippen molar-refractivity contribution < 1.29 is 19.0 Å². The fourth-order valence-electron chi connectivity index (χ4n) is 2.02. The van der Waals surface area contributed by atoms with E-state index in [1.165, 1.54) is 0 Å². The predicted molar refractivity (Wildman–Crippen MR) is 78.0 cm³/mol. The Morgan fingerprint density at radius 1 is 1.14 bits per heavy atom. The van der Waals surface area contributed by atoms with E-state index in [4.69, 9.17) is 25.8 Å². The zero-order valence-electron chi connectivity index (χ0n) is 11.2. The van der Waals surface area contributed by atoms with Crippen molar-refractivity contribution in [3.8, 4) is 11.5 Å². The van der Waals surface area contributed by atoms with E-state index in [2.05, 4.69) is 0 Å². The summed E-state index contributed by atoms with van der Waals surface area (Å²) in [6.07, 6.45) is 0. The monoisotopic (exact) mass is 304 g/mol. The van der Waals surface area contributed by atoms with Gasteiger partial charge in [-0.2, -0.15) is 0 Å². The number of fused-ring (bicyclic) bond motifs is 1. The Labute approximate surface area is 127 Å². The summed E-state index contributed by atoms with van der Waals surface area (Å²) in [5.74, 6) is 1.14. The van der Waals surface area contributed by atoms with E-state index in [0.717, 1.165) is 5.56 Å². The van der Waals surface area contributed by atoms with Crippen LogP contribution in [0.4, 0.5) is 0 Å². The van der Waals surface area contributed by atoms with E-state index in [9.17, 15) is 4.79 Å². The van der Waals surface area contributed by atoms with Crippen molar-refractivity contribution >= 4 is 17.4 Å². The molecule has 3 rings (SSSR count). The normalized spacial score (nSPS) is 12.4. The second-order valence-electron chi connectivity index (χ2n) is 4.58. The first-order valence-corrected chi connectivity index (χ1v) is 6.86. The molecular formula is C16H13ClO4. The lowest BCUT2D eigenvalue weighted by molar-refractivity contribution is 0.0726. The average molecular weight is 305 g/mol. The van der Waals surface area contributed by atoms with Crippen LogP contribution in [0.15, 0.2) is 42.5 Å². The van der Waals surface area contributed by atoms with Crippen LogP contribution in [-0.4, -0.2) is 19.2 Å². The summed E-state index contributed by atoms with van der Waals surface area (Å²) in [6, 6.07) is 12.5. The SMILES string of the molecule is O=C(COCc1ccccc1Cl)c1ccc2c(c1)OCO2. The molecule has 2 aromatic carbocycles. The maximum Gasteiger partial charge on any atom is 0.231 e. The topological polar surface area (TPSA) is 44.8 Å². The first kappa shape index (κ1) is 13.9. The molecule has 0 N–H and O–H groups in total. The quantitative estimate of drug-likeness (QED) is 0.793. The maximum absolute atomic E-state index is 12.1. The predicted octanol–water partition coefficient (Wildman–Crippen LogP) is 3.47. The summed E-state index contributed by atoms with van der Waals surface area (Å²) in [7, 11) is 0. The third-order valence-electron chi connectivity index (χ3n) is 3.14. The summed E-state index contributed by atoms with van der Waals surface area (Å²) in [6.45, 7) is 0.483. The molecular weight excluding hydrogens is 292 g/mol. The Morgan fingerprint density at radius 2 is 1.95 bits per heavy atom. The number of hydrogen-bond acceptors (Lipinski definition) is 4. The molecule has 0 unspecified atom stereocenters. The summed E-state index contributed by atoms with van der Waals surface area (Å²) < 4.78 is 15.9. The number of ketones is 1. The first-order valence-electron chi connectivity index (χ1n) is 6.48. The Bertz CT molecular complexity index is 669. The van der Waals surface area contributed by atoms with Crippen LogP contribution < -0.4 is 9.47 Å². The van der Waals surface area contributed by atoms with Crippen molar-refractivity contribution in [3.05, 3.63) is 58.6 Å². The molecule has 1 heterocycles. The van der Waals surface area contributed by atoms with Gasteiger partial charge in [-0.25, -0.2) is 0 Å². The third kappa shape index (κ3) is 3.17. The number of rotatable bonds is 5. The first-order chi connectivity index (χ1) is 10.2. The minimum atomic E-state index is -0.111. The van der Waals surface area contributed by atoms with Crippen LogP contribution in [0.5, 0.6) is 11.5 Å². The molecule has 0 atom stereocenters. The minimum absolute atomic E-state index is 0.00906. The average Bonchev–Trinajstić information content (AvgIpc) is 2.96. The van der Waals surface area contributed by atoms with Gasteiger partial charge in [0.15, 0.2) is 17.3 Å². The second-order valence-corrected chi connectivity index (χ2v) is 4.98. The van der Waals surface area contributed by atoms with Crippen molar-refractivity contribution in [3.63, 3.8) is 0 Å². The summed E-state index contributed by atoms with van der Waals surface area (Å²) in [5.41, 5.74) is 1.40. The number of Topliss-reactive ketones (excluding diaryl/α,β-unsaturated/α-hetero) is 1. The molecule has 0 spiro atoms. The molecule has 108 valence electrons. The summed E-state index contributed by atoms with van der Waals surface area (Å²) in [5, 5.41) is 0.632. The molecule has 0 saturated carbocycles. The molecule has 4 nitrogen and oxygen atoms in total. The van der Waals surface area contributed by atoms with Crippen molar-refractivity contribution in [1.82, 2.24) is 0 Å². The van der Waals surface area contributed by atoms with Gasteiger partial charge in [0.1, 0.15) is 6.61 Å². The Hall–Kier alpha value is -2.04. The fourth-order valence-corrected chi connectivity index (χ4v) is 2.21. The van der Waals surface area contributed by atoms with E-state index < -0.39 is 0 Å². The second kappa shape index (κ2) is 6.16. The van der Waals surface area contributed by atoms with Gasteiger partial charge < -0.3 is 14.2 Å². The lowest BCUT2D eigenvalue weighted by Crippen LogP contribution is -2.09. The van der Waals surface area contributed by atoms with Crippen LogP contribution in [-0.2, 0) is 11.3 Å². The van der Waals surface area contributed by atoms with Gasteiger partial charge in [-0.3, -0.25) is 4.79 Å². The molecule has 0 fully saturated rings. The van der Waals surface area contributed by atoms with Gasteiger partial charge in [0.05, 0.1) is 6.61 Å². The smallest absolute Gasteiger partial charge is 0.231 e. The molecule has 1 aliphatic rings. The van der Waals surface area contributed by atoms with Crippen LogP contribution in [0.25, 0.3) is 0 Å². The van der Waals surface area contributed by atoms with Crippen molar-refractivity contribution in [1.29, 1.82) is 0 Å². The summed E-state index contributed by atoms with van der Waals surface area (Å²) in [4.78, 5) is 12.1. The minimum Gasteiger partial charge on any atom is -0.454 e. The van der Waals surface area contributed by atoms with Gasteiger partial charge >= 0.3 is 0 Å². The van der Waals surface area contributed by atoms with Crippen LogP contribution in [0, 0.1) is 0 Å². The molecule has 0 amide bonds.